The van der Waals surface area contributed by atoms with E-state index in [2.05, 4.69) is 45.0 Å². The zero-order chi connectivity index (χ0) is 29.0. The van der Waals surface area contributed by atoms with Crippen molar-refractivity contribution in [1.82, 2.24) is 19.8 Å². The number of hydrogen-bond donors (Lipinski definition) is 0. The molecule has 7 rings (SSSR count). The predicted octanol–water partition coefficient (Wildman–Crippen LogP) is 4.65. The van der Waals surface area contributed by atoms with Gasteiger partial charge in [0.1, 0.15) is 29.7 Å². The van der Waals surface area contributed by atoms with Crippen LogP contribution < -0.4 is 14.4 Å². The molecule has 42 heavy (non-hydrogen) atoms. The Morgan fingerprint density at radius 3 is 2.62 bits per heavy atom. The number of anilines is 1. The van der Waals surface area contributed by atoms with Gasteiger partial charge in [0.05, 0.1) is 37.1 Å². The topological polar surface area (TPSA) is 80.3 Å². The van der Waals surface area contributed by atoms with E-state index in [-0.39, 0.29) is 40.8 Å². The van der Waals surface area contributed by atoms with Gasteiger partial charge in [-0.15, -0.1) is 0 Å². The number of aromatic nitrogens is 2. The summed E-state index contributed by atoms with van der Waals surface area (Å²) >= 11 is 0. The Balaban J connectivity index is 1.03. The molecule has 2 atom stereocenters. The quantitative estimate of drug-likeness (QED) is 0.422. The van der Waals surface area contributed by atoms with E-state index in [1.54, 1.807) is 11.1 Å². The molecule has 10 heteroatoms. The largest absolute Gasteiger partial charge is 0.490 e. The Morgan fingerprint density at radius 2 is 1.83 bits per heavy atom. The Bertz CT molecular complexity index is 1490. The van der Waals surface area contributed by atoms with Crippen LogP contribution in [0.3, 0.4) is 0 Å². The first-order valence-corrected chi connectivity index (χ1v) is 14.7. The second kappa shape index (κ2) is 10.5. The highest BCUT2D eigenvalue weighted by Gasteiger charge is 2.54. The molecule has 2 saturated heterocycles. The van der Waals surface area contributed by atoms with Gasteiger partial charge in [-0.25, -0.2) is 14.4 Å². The fourth-order valence-electron chi connectivity index (χ4n) is 7.05. The number of carbonyl (C=O) groups is 1. The maximum atomic E-state index is 14.4. The number of amides is 1. The molecule has 1 amide bonds. The number of carbonyl (C=O) groups excluding carboxylic acids is 1. The second-order valence-electron chi connectivity index (χ2n) is 12.5. The minimum atomic E-state index is -0.497. The molecule has 3 aliphatic heterocycles. The number of rotatable bonds is 6. The van der Waals surface area contributed by atoms with Gasteiger partial charge in [0.25, 0.3) is 5.91 Å². The maximum absolute atomic E-state index is 14.4. The summed E-state index contributed by atoms with van der Waals surface area (Å²) in [5.74, 6) is 1.61. The third-order valence-corrected chi connectivity index (χ3v) is 9.02. The van der Waals surface area contributed by atoms with Crippen LogP contribution in [0.25, 0.3) is 0 Å². The molecule has 2 aromatic carbocycles. The van der Waals surface area contributed by atoms with Gasteiger partial charge in [0.15, 0.2) is 11.6 Å². The Hall–Kier alpha value is -3.76. The van der Waals surface area contributed by atoms with Gasteiger partial charge in [0.2, 0.25) is 0 Å². The van der Waals surface area contributed by atoms with Crippen molar-refractivity contribution in [2.75, 3.05) is 38.3 Å². The van der Waals surface area contributed by atoms with Crippen LogP contribution in [-0.4, -0.2) is 77.2 Å². The summed E-state index contributed by atoms with van der Waals surface area (Å²) in [6, 6.07) is 10.1. The molecule has 0 radical (unpaired) electrons. The van der Waals surface area contributed by atoms with Gasteiger partial charge >= 0.3 is 0 Å². The van der Waals surface area contributed by atoms with E-state index in [4.69, 9.17) is 14.2 Å². The van der Waals surface area contributed by atoms with Gasteiger partial charge in [-0.05, 0) is 63.6 Å². The smallest absolute Gasteiger partial charge is 0.258 e. The molecule has 3 aromatic rings. The van der Waals surface area contributed by atoms with E-state index in [1.807, 2.05) is 13.8 Å². The van der Waals surface area contributed by atoms with Crippen LogP contribution in [0.2, 0.25) is 0 Å². The highest BCUT2D eigenvalue weighted by molar-refractivity contribution is 5.97. The van der Waals surface area contributed by atoms with Gasteiger partial charge < -0.3 is 24.0 Å². The summed E-state index contributed by atoms with van der Waals surface area (Å²) in [5, 5.41) is 0. The summed E-state index contributed by atoms with van der Waals surface area (Å²) < 4.78 is 32.7. The number of benzene rings is 2. The number of hydrogen-bond acceptors (Lipinski definition) is 8. The van der Waals surface area contributed by atoms with Crippen LogP contribution >= 0.6 is 0 Å². The first kappa shape index (κ1) is 27.1. The Kier molecular flexibility index (Phi) is 6.78. The van der Waals surface area contributed by atoms with Crippen molar-refractivity contribution in [3.8, 4) is 17.2 Å². The molecular formula is C32H36FN5O4. The van der Waals surface area contributed by atoms with Crippen LogP contribution in [0.4, 0.5) is 10.2 Å². The normalized spacial score (nSPS) is 23.3. The van der Waals surface area contributed by atoms with Crippen LogP contribution in [0, 0.1) is 11.2 Å². The predicted molar refractivity (Wildman–Crippen MR) is 154 cm³/mol. The zero-order valence-corrected chi connectivity index (χ0v) is 24.3. The molecule has 0 bridgehead atoms. The Morgan fingerprint density at radius 1 is 1.05 bits per heavy atom. The monoisotopic (exact) mass is 573 g/mol. The lowest BCUT2D eigenvalue weighted by molar-refractivity contribution is -0.0349. The molecule has 1 saturated carbocycles. The highest BCUT2D eigenvalue weighted by Crippen LogP contribution is 2.52. The lowest BCUT2D eigenvalue weighted by atomic mass is 9.61. The summed E-state index contributed by atoms with van der Waals surface area (Å²) in [6.07, 6.45) is 5.31. The third-order valence-electron chi connectivity index (χ3n) is 9.02. The molecule has 1 spiro atoms. The average molecular weight is 574 g/mol. The minimum absolute atomic E-state index is 0.135. The van der Waals surface area contributed by atoms with Crippen molar-refractivity contribution in [3.05, 3.63) is 71.4 Å². The second-order valence-corrected chi connectivity index (χ2v) is 12.5. The van der Waals surface area contributed by atoms with E-state index in [1.165, 1.54) is 35.7 Å². The van der Waals surface area contributed by atoms with Gasteiger partial charge in [0, 0.05) is 37.2 Å². The summed E-state index contributed by atoms with van der Waals surface area (Å²) in [4.78, 5) is 28.5. The molecule has 4 aliphatic rings. The van der Waals surface area contributed by atoms with E-state index in [0.717, 1.165) is 44.8 Å². The Labute approximate surface area is 245 Å². The lowest BCUT2D eigenvalue weighted by Crippen LogP contribution is -2.65. The summed E-state index contributed by atoms with van der Waals surface area (Å²) in [5.41, 5.74) is 3.04. The van der Waals surface area contributed by atoms with Gasteiger partial charge in [-0.1, -0.05) is 12.1 Å². The van der Waals surface area contributed by atoms with Crippen LogP contribution in [0.15, 0.2) is 48.9 Å². The minimum Gasteiger partial charge on any atom is -0.490 e. The SMILES string of the molecule is C[C@@H]1COC[C@H](C)N1C(=O)c1cc(F)ccc1Oc1cncnc1N1CC2(CC(Oc3cccc4c3CN(C)C4)C2)C1. The first-order valence-electron chi connectivity index (χ1n) is 14.7. The number of morpholine rings is 1. The molecule has 1 aliphatic carbocycles. The van der Waals surface area contributed by atoms with E-state index in [0.29, 0.717) is 24.8 Å². The van der Waals surface area contributed by atoms with Crippen LogP contribution in [0.1, 0.15) is 48.2 Å². The molecular weight excluding hydrogens is 537 g/mol. The van der Waals surface area contributed by atoms with Gasteiger partial charge in [-0.2, -0.15) is 0 Å². The number of fused-ring (bicyclic) bond motifs is 1. The highest BCUT2D eigenvalue weighted by atomic mass is 19.1. The fourth-order valence-corrected chi connectivity index (χ4v) is 7.05. The third kappa shape index (κ3) is 4.86. The number of ether oxygens (including phenoxy) is 3. The van der Waals surface area contributed by atoms with Crippen molar-refractivity contribution in [1.29, 1.82) is 0 Å². The molecule has 4 heterocycles. The van der Waals surface area contributed by atoms with Crippen molar-refractivity contribution in [2.45, 2.75) is 58.0 Å². The summed E-state index contributed by atoms with van der Waals surface area (Å²) in [6.45, 7) is 8.31. The average Bonchev–Trinajstić information content (AvgIpc) is 3.31. The number of nitrogens with zero attached hydrogens (tertiary/aromatic N) is 5. The van der Waals surface area contributed by atoms with Crippen LogP contribution in [-0.2, 0) is 17.8 Å². The number of halogens is 1. The van der Waals surface area contributed by atoms with Crippen LogP contribution in [0.5, 0.6) is 17.2 Å². The van der Waals surface area contributed by atoms with E-state index in [9.17, 15) is 9.18 Å². The first-order chi connectivity index (χ1) is 20.3. The molecule has 1 aromatic heterocycles. The molecule has 3 fully saturated rings. The zero-order valence-electron chi connectivity index (χ0n) is 24.3. The van der Waals surface area contributed by atoms with E-state index < -0.39 is 5.82 Å². The van der Waals surface area contributed by atoms with Crippen molar-refractivity contribution >= 4 is 11.7 Å². The lowest BCUT2D eigenvalue weighted by Gasteiger charge is -2.59. The van der Waals surface area contributed by atoms with Crippen molar-refractivity contribution in [2.24, 2.45) is 5.41 Å². The molecule has 220 valence electrons. The van der Waals surface area contributed by atoms with Gasteiger partial charge in [-0.3, -0.25) is 9.69 Å². The maximum Gasteiger partial charge on any atom is 0.258 e. The molecule has 0 N–H and O–H groups in total. The fraction of sp³-hybridized carbons (Fsp3) is 0.469. The molecule has 0 unspecified atom stereocenters. The van der Waals surface area contributed by atoms with E-state index >= 15 is 0 Å². The summed E-state index contributed by atoms with van der Waals surface area (Å²) in [7, 11) is 2.13. The van der Waals surface area contributed by atoms with Crippen molar-refractivity contribution < 1.29 is 23.4 Å². The van der Waals surface area contributed by atoms with Crippen molar-refractivity contribution in [3.63, 3.8) is 0 Å². The molecule has 9 nitrogen and oxygen atoms in total. The standard InChI is InChI=1S/C32H36FN5O4/c1-20-15-40-16-21(2)38(20)31(39)25-9-23(33)7-8-28(25)42-29-12-34-19-35-30(29)37-17-32(18-37)10-24(11-32)41-27-6-4-5-22-13-36(3)14-26(22)27/h4-9,12,19-21,24H,10-11,13-18H2,1-3H3/t20-,21+.